The van der Waals surface area contributed by atoms with Crippen LogP contribution in [-0.4, -0.2) is 47.6 Å². The summed E-state index contributed by atoms with van der Waals surface area (Å²) >= 11 is 1.37. The third-order valence-corrected chi connectivity index (χ3v) is 9.11. The summed E-state index contributed by atoms with van der Waals surface area (Å²) < 4.78 is 0. The number of thiophene rings is 1. The molecule has 1 amide bonds. The number of anilines is 1. The van der Waals surface area contributed by atoms with E-state index in [0.717, 1.165) is 82.3 Å². The summed E-state index contributed by atoms with van der Waals surface area (Å²) in [7, 11) is 0. The van der Waals surface area contributed by atoms with Gasteiger partial charge in [0.05, 0.1) is 5.69 Å². The minimum atomic E-state index is -0.907. The number of carboxylic acid groups (broad SMARTS) is 1. The monoisotopic (exact) mass is 486 g/mol. The number of aromatic carboxylic acids is 1. The maximum absolute atomic E-state index is 14.0. The predicted molar refractivity (Wildman–Crippen MR) is 141 cm³/mol. The van der Waals surface area contributed by atoms with Crippen LogP contribution in [0.25, 0.3) is 5.57 Å². The lowest BCUT2D eigenvalue weighted by Crippen LogP contribution is -2.50. The number of allylic oxidation sites excluding steroid dienone is 2. The molecule has 2 fully saturated rings. The Morgan fingerprint density at radius 3 is 2.41 bits per heavy atom. The molecule has 6 heteroatoms. The number of carboxylic acids is 1. The van der Waals surface area contributed by atoms with Crippen molar-refractivity contribution in [2.45, 2.75) is 91.0 Å². The van der Waals surface area contributed by atoms with E-state index in [2.05, 4.69) is 31.7 Å². The Hall–Kier alpha value is -1.66. The van der Waals surface area contributed by atoms with Gasteiger partial charge < -0.3 is 14.9 Å². The normalized spacial score (nSPS) is 24.8. The zero-order valence-corrected chi connectivity index (χ0v) is 22.0. The van der Waals surface area contributed by atoms with Crippen molar-refractivity contribution in [1.29, 1.82) is 0 Å². The summed E-state index contributed by atoms with van der Waals surface area (Å²) in [5.41, 5.74) is 1.92. The van der Waals surface area contributed by atoms with Crippen molar-refractivity contribution in [3.63, 3.8) is 0 Å². The fourth-order valence-electron chi connectivity index (χ4n) is 6.01. The van der Waals surface area contributed by atoms with Crippen LogP contribution in [0.1, 0.15) is 99.5 Å². The molecule has 0 unspecified atom stereocenters. The van der Waals surface area contributed by atoms with Crippen molar-refractivity contribution < 1.29 is 14.7 Å². The molecule has 1 aromatic heterocycles. The average Bonchev–Trinajstić information content (AvgIpc) is 3.26. The van der Waals surface area contributed by atoms with Gasteiger partial charge in [-0.05, 0) is 87.7 Å². The number of hydrogen-bond acceptors (Lipinski definition) is 4. The van der Waals surface area contributed by atoms with Crippen LogP contribution in [0, 0.1) is 17.8 Å². The average molecular weight is 487 g/mol. The lowest BCUT2D eigenvalue weighted by atomic mass is 9.82. The summed E-state index contributed by atoms with van der Waals surface area (Å²) in [6.45, 7) is 9.79. The third-order valence-electron chi connectivity index (χ3n) is 7.92. The fourth-order valence-corrected chi connectivity index (χ4v) is 7.07. The highest BCUT2D eigenvalue weighted by Gasteiger charge is 2.37. The molecule has 3 aliphatic rings. The van der Waals surface area contributed by atoms with Crippen LogP contribution in [0.4, 0.5) is 5.69 Å². The SMILES string of the molecule is CC(C)CN1CCC(N(C(=O)C2CCC(C)CC2)c2cc(C3=CCCCC3)sc2C(=O)O)CC1. The zero-order chi connectivity index (χ0) is 24.2. The van der Waals surface area contributed by atoms with Crippen molar-refractivity contribution in [3.05, 3.63) is 21.9 Å². The molecule has 5 nitrogen and oxygen atoms in total. The zero-order valence-electron chi connectivity index (χ0n) is 21.2. The molecule has 0 spiro atoms. The number of nitrogens with zero attached hydrogens (tertiary/aromatic N) is 2. The largest absolute Gasteiger partial charge is 0.477 e. The number of rotatable bonds is 7. The highest BCUT2D eigenvalue weighted by molar-refractivity contribution is 7.15. The molecule has 1 saturated heterocycles. The first-order valence-corrected chi connectivity index (χ1v) is 14.3. The number of amides is 1. The van der Waals surface area contributed by atoms with E-state index in [4.69, 9.17) is 0 Å². The van der Waals surface area contributed by atoms with Gasteiger partial charge in [0.1, 0.15) is 4.88 Å². The van der Waals surface area contributed by atoms with Crippen molar-refractivity contribution in [3.8, 4) is 0 Å². The smallest absolute Gasteiger partial charge is 0.348 e. The minimum absolute atomic E-state index is 0.0174. The molecule has 0 radical (unpaired) electrons. The summed E-state index contributed by atoms with van der Waals surface area (Å²) in [6, 6.07) is 2.12. The lowest BCUT2D eigenvalue weighted by Gasteiger charge is -2.41. The topological polar surface area (TPSA) is 60.9 Å². The number of likely N-dealkylation sites (tertiary alicyclic amines) is 1. The van der Waals surface area contributed by atoms with Crippen LogP contribution >= 0.6 is 11.3 Å². The first-order chi connectivity index (χ1) is 16.3. The van der Waals surface area contributed by atoms with E-state index in [0.29, 0.717) is 22.4 Å². The van der Waals surface area contributed by atoms with E-state index in [-0.39, 0.29) is 17.9 Å². The molecule has 34 heavy (non-hydrogen) atoms. The van der Waals surface area contributed by atoms with Crippen LogP contribution in [0.2, 0.25) is 0 Å². The highest BCUT2D eigenvalue weighted by atomic mass is 32.1. The number of carbonyl (C=O) groups is 2. The second-order valence-electron chi connectivity index (χ2n) is 11.2. The lowest BCUT2D eigenvalue weighted by molar-refractivity contribution is -0.124. The van der Waals surface area contributed by atoms with Crippen LogP contribution in [0.5, 0.6) is 0 Å². The first kappa shape index (κ1) is 25.4. The highest BCUT2D eigenvalue weighted by Crippen LogP contribution is 2.41. The Kier molecular flexibility index (Phi) is 8.52. The second-order valence-corrected chi connectivity index (χ2v) is 12.2. The van der Waals surface area contributed by atoms with Crippen molar-refractivity contribution in [1.82, 2.24) is 4.90 Å². The van der Waals surface area contributed by atoms with E-state index in [9.17, 15) is 14.7 Å². The van der Waals surface area contributed by atoms with Gasteiger partial charge in [-0.25, -0.2) is 4.79 Å². The predicted octanol–water partition coefficient (Wildman–Crippen LogP) is 6.68. The number of hydrogen-bond donors (Lipinski definition) is 1. The minimum Gasteiger partial charge on any atom is -0.477 e. The van der Waals surface area contributed by atoms with E-state index in [1.807, 2.05) is 11.0 Å². The standard InChI is InChI=1S/C28H42N2O3S/c1-19(2)18-29-15-13-23(14-16-29)30(27(31)22-11-9-20(3)10-12-22)24-17-25(34-26(24)28(32)33)21-7-5-4-6-8-21/h7,17,19-20,22-23H,4-6,8-16,18H2,1-3H3,(H,32,33). The summed E-state index contributed by atoms with van der Waals surface area (Å²) in [5.74, 6) is 0.579. The molecule has 1 N–H and O–H groups in total. The Balaban J connectivity index is 1.65. The Morgan fingerprint density at radius 1 is 1.12 bits per heavy atom. The molecular weight excluding hydrogens is 444 g/mol. The van der Waals surface area contributed by atoms with Gasteiger partial charge in [-0.2, -0.15) is 0 Å². The van der Waals surface area contributed by atoms with Crippen LogP contribution in [0.15, 0.2) is 12.1 Å². The Labute approximate surface area is 209 Å². The summed E-state index contributed by atoms with van der Waals surface area (Å²) in [5, 5.41) is 10.1. The molecule has 4 rings (SSSR count). The van der Waals surface area contributed by atoms with Crippen molar-refractivity contribution in [2.24, 2.45) is 17.8 Å². The van der Waals surface area contributed by atoms with Gasteiger partial charge in [0.15, 0.2) is 0 Å². The second kappa shape index (κ2) is 11.4. The maximum Gasteiger partial charge on any atom is 0.348 e. The molecular formula is C28H42N2O3S. The van der Waals surface area contributed by atoms with Crippen molar-refractivity contribution >= 4 is 34.5 Å². The van der Waals surface area contributed by atoms with Gasteiger partial charge >= 0.3 is 5.97 Å². The van der Waals surface area contributed by atoms with Crippen molar-refractivity contribution in [2.75, 3.05) is 24.5 Å². The summed E-state index contributed by atoms with van der Waals surface area (Å²) in [4.78, 5) is 32.2. The Morgan fingerprint density at radius 2 is 1.82 bits per heavy atom. The van der Waals surface area contributed by atoms with Gasteiger partial charge in [0.25, 0.3) is 0 Å². The number of carbonyl (C=O) groups excluding carboxylic acids is 1. The van der Waals surface area contributed by atoms with E-state index in [1.54, 1.807) is 0 Å². The van der Waals surface area contributed by atoms with Crippen LogP contribution in [-0.2, 0) is 4.79 Å². The van der Waals surface area contributed by atoms with E-state index in [1.165, 1.54) is 23.3 Å². The fraction of sp³-hybridized carbons (Fsp3) is 0.714. The van der Waals surface area contributed by atoms with Gasteiger partial charge in [-0.1, -0.05) is 26.8 Å². The third kappa shape index (κ3) is 5.93. The molecule has 188 valence electrons. The summed E-state index contributed by atoms with van der Waals surface area (Å²) in [6.07, 6.45) is 12.5. The van der Waals surface area contributed by atoms with Gasteiger partial charge in [0.2, 0.25) is 5.91 Å². The molecule has 1 aromatic rings. The Bertz CT molecular complexity index is 889. The maximum atomic E-state index is 14.0. The van der Waals surface area contributed by atoms with Gasteiger partial charge in [-0.3, -0.25) is 4.79 Å². The molecule has 1 saturated carbocycles. The van der Waals surface area contributed by atoms with Gasteiger partial charge in [-0.15, -0.1) is 11.3 Å². The number of piperidine rings is 1. The molecule has 0 aromatic carbocycles. The van der Waals surface area contributed by atoms with Gasteiger partial charge in [0, 0.05) is 36.5 Å². The molecule has 0 bridgehead atoms. The molecule has 2 heterocycles. The van der Waals surface area contributed by atoms with E-state index < -0.39 is 5.97 Å². The first-order valence-electron chi connectivity index (χ1n) is 13.5. The van der Waals surface area contributed by atoms with E-state index >= 15 is 0 Å². The van der Waals surface area contributed by atoms with Crippen LogP contribution < -0.4 is 4.90 Å². The van der Waals surface area contributed by atoms with Crippen LogP contribution in [0.3, 0.4) is 0 Å². The molecule has 0 atom stereocenters. The quantitative estimate of drug-likeness (QED) is 0.467. The molecule has 2 aliphatic carbocycles. The molecule has 1 aliphatic heterocycles.